The molecule has 0 spiro atoms. The molecule has 19 heavy (non-hydrogen) atoms. The first kappa shape index (κ1) is 12.3. The van der Waals surface area contributed by atoms with E-state index in [1.54, 1.807) is 0 Å². The average molecular weight is 296 g/mol. The van der Waals surface area contributed by atoms with Gasteiger partial charge in [-0.05, 0) is 18.2 Å². The lowest BCUT2D eigenvalue weighted by Gasteiger charge is -2.09. The Labute approximate surface area is 119 Å². The van der Waals surface area contributed by atoms with Gasteiger partial charge in [0.1, 0.15) is 5.82 Å². The lowest BCUT2D eigenvalue weighted by atomic mass is 10.1. The molecule has 1 heterocycles. The van der Waals surface area contributed by atoms with E-state index in [4.69, 9.17) is 23.4 Å². The highest BCUT2D eigenvalue weighted by molar-refractivity contribution is 6.32. The van der Waals surface area contributed by atoms with Crippen LogP contribution in [0.25, 0.3) is 0 Å². The van der Waals surface area contributed by atoms with Gasteiger partial charge in [-0.15, -0.1) is 0 Å². The average Bonchev–Trinajstić information content (AvgIpc) is 2.56. The second kappa shape index (κ2) is 4.72. The summed E-state index contributed by atoms with van der Waals surface area (Å²) in [6.07, 6.45) is 0. The number of nitrogens with one attached hydrogen (secondary N) is 2. The number of amidine groups is 1. The van der Waals surface area contributed by atoms with Crippen molar-refractivity contribution in [1.29, 1.82) is 0 Å². The fourth-order valence-corrected chi connectivity index (χ4v) is 2.26. The molecular formula is C13H8Cl2FN3. The van der Waals surface area contributed by atoms with E-state index in [1.807, 2.05) is 24.3 Å². The Kier molecular flexibility index (Phi) is 3.05. The molecular weight excluding hydrogens is 288 g/mol. The Morgan fingerprint density at radius 1 is 1.00 bits per heavy atom. The molecule has 2 aromatic rings. The summed E-state index contributed by atoms with van der Waals surface area (Å²) in [5.41, 5.74) is 2.77. The fourth-order valence-electron chi connectivity index (χ4n) is 1.96. The molecule has 0 bridgehead atoms. The van der Waals surface area contributed by atoms with Crippen LogP contribution in [0.15, 0.2) is 40.9 Å². The first-order chi connectivity index (χ1) is 9.19. The highest BCUT2D eigenvalue weighted by Gasteiger charge is 2.18. The number of nitrogens with zero attached hydrogens (tertiary/aromatic N) is 1. The highest BCUT2D eigenvalue weighted by atomic mass is 35.5. The summed E-state index contributed by atoms with van der Waals surface area (Å²) in [6.45, 7) is 0. The summed E-state index contributed by atoms with van der Waals surface area (Å²) in [5.74, 6) is -0.00958. The largest absolute Gasteiger partial charge is 0.353 e. The monoisotopic (exact) mass is 295 g/mol. The molecule has 0 saturated heterocycles. The number of hydrogen-bond acceptors (Lipinski definition) is 2. The van der Waals surface area contributed by atoms with Crippen molar-refractivity contribution in [2.45, 2.75) is 0 Å². The van der Waals surface area contributed by atoms with Crippen LogP contribution in [0.1, 0.15) is 5.56 Å². The molecule has 1 aliphatic heterocycles. The van der Waals surface area contributed by atoms with E-state index in [0.717, 1.165) is 11.3 Å². The van der Waals surface area contributed by atoms with Crippen LogP contribution in [-0.2, 0) is 0 Å². The topological polar surface area (TPSA) is 36.4 Å². The zero-order valence-electron chi connectivity index (χ0n) is 9.55. The Bertz CT molecular complexity index is 686. The molecule has 0 fully saturated rings. The van der Waals surface area contributed by atoms with Gasteiger partial charge in [-0.2, -0.15) is 4.51 Å². The van der Waals surface area contributed by atoms with Gasteiger partial charge in [0.25, 0.3) is 0 Å². The molecule has 2 aromatic carbocycles. The molecule has 96 valence electrons. The Balaban J connectivity index is 2.21. The molecule has 0 aliphatic carbocycles. The standard InChI is InChI=1S/C13H8Cl2FN3/c14-8-5-11-12(6-9(8)16)17-10-4-2-1-3-7(10)13(18-11)19-15/h1-6,17H,(H,18,19). The van der Waals surface area contributed by atoms with E-state index in [1.165, 1.54) is 12.1 Å². The Morgan fingerprint density at radius 3 is 2.53 bits per heavy atom. The van der Waals surface area contributed by atoms with Crippen molar-refractivity contribution in [3.8, 4) is 0 Å². The van der Waals surface area contributed by atoms with Gasteiger partial charge >= 0.3 is 0 Å². The van der Waals surface area contributed by atoms with Crippen LogP contribution in [-0.4, -0.2) is 5.84 Å². The maximum absolute atomic E-state index is 13.5. The normalized spacial score (nSPS) is 15.0. The number of fused-ring (bicyclic) bond motifs is 2. The minimum atomic E-state index is -0.488. The van der Waals surface area contributed by atoms with E-state index in [2.05, 4.69) is 15.1 Å². The molecule has 0 aromatic heterocycles. The van der Waals surface area contributed by atoms with Crippen molar-refractivity contribution in [2.24, 2.45) is 4.51 Å². The van der Waals surface area contributed by atoms with Crippen LogP contribution in [0.4, 0.5) is 21.5 Å². The maximum Gasteiger partial charge on any atom is 0.154 e. The molecule has 0 unspecified atom stereocenters. The van der Waals surface area contributed by atoms with Gasteiger partial charge in [0, 0.05) is 29.1 Å². The molecule has 0 amide bonds. The zero-order valence-corrected chi connectivity index (χ0v) is 11.1. The van der Waals surface area contributed by atoms with Crippen molar-refractivity contribution < 1.29 is 4.39 Å². The number of para-hydroxylation sites is 1. The second-order valence-electron chi connectivity index (χ2n) is 4.04. The summed E-state index contributed by atoms with van der Waals surface area (Å²) in [6, 6.07) is 10.3. The van der Waals surface area contributed by atoms with Crippen LogP contribution in [0.2, 0.25) is 5.02 Å². The smallest absolute Gasteiger partial charge is 0.154 e. The number of anilines is 3. The summed E-state index contributed by atoms with van der Waals surface area (Å²) < 4.78 is 17.2. The second-order valence-corrected chi connectivity index (χ2v) is 4.62. The van der Waals surface area contributed by atoms with Crippen LogP contribution >= 0.6 is 23.4 Å². The summed E-state index contributed by atoms with van der Waals surface area (Å²) >= 11 is 11.4. The molecule has 0 atom stereocenters. The molecule has 3 rings (SSSR count). The molecule has 0 radical (unpaired) electrons. The number of hydrogen-bond donors (Lipinski definition) is 2. The predicted molar refractivity (Wildman–Crippen MR) is 77.1 cm³/mol. The van der Waals surface area contributed by atoms with Crippen LogP contribution in [0.5, 0.6) is 0 Å². The van der Waals surface area contributed by atoms with E-state index in [-0.39, 0.29) is 5.02 Å². The highest BCUT2D eigenvalue weighted by Crippen LogP contribution is 2.35. The number of benzene rings is 2. The van der Waals surface area contributed by atoms with Gasteiger partial charge in [0.05, 0.1) is 16.4 Å². The molecule has 6 heteroatoms. The lowest BCUT2D eigenvalue weighted by Crippen LogP contribution is -2.11. The summed E-state index contributed by atoms with van der Waals surface area (Å²) in [7, 11) is 0. The van der Waals surface area contributed by atoms with Crippen molar-refractivity contribution >= 4 is 46.3 Å². The van der Waals surface area contributed by atoms with E-state index in [0.29, 0.717) is 17.2 Å². The van der Waals surface area contributed by atoms with Gasteiger partial charge in [-0.25, -0.2) is 4.39 Å². The van der Waals surface area contributed by atoms with Gasteiger partial charge in [0.2, 0.25) is 0 Å². The van der Waals surface area contributed by atoms with Crippen molar-refractivity contribution in [3.05, 3.63) is 52.8 Å². The first-order valence-corrected chi connectivity index (χ1v) is 6.22. The third kappa shape index (κ3) is 2.13. The van der Waals surface area contributed by atoms with E-state index >= 15 is 0 Å². The number of halogens is 3. The summed E-state index contributed by atoms with van der Waals surface area (Å²) in [4.78, 5) is 0. The Hall–Kier alpha value is -1.78. The van der Waals surface area contributed by atoms with Crippen molar-refractivity contribution in [1.82, 2.24) is 0 Å². The molecule has 2 N–H and O–H groups in total. The summed E-state index contributed by atoms with van der Waals surface area (Å²) in [5, 5.41) is 6.21. The predicted octanol–water partition coefficient (Wildman–Crippen LogP) is 4.55. The van der Waals surface area contributed by atoms with E-state index < -0.39 is 5.82 Å². The van der Waals surface area contributed by atoms with Gasteiger partial charge in [0.15, 0.2) is 5.84 Å². The zero-order chi connectivity index (χ0) is 13.4. The Morgan fingerprint density at radius 2 is 1.74 bits per heavy atom. The van der Waals surface area contributed by atoms with Crippen molar-refractivity contribution in [2.75, 3.05) is 10.6 Å². The first-order valence-electron chi connectivity index (χ1n) is 5.50. The third-order valence-corrected chi connectivity index (χ3v) is 3.31. The fraction of sp³-hybridized carbons (Fsp3) is 0. The van der Waals surface area contributed by atoms with E-state index in [9.17, 15) is 4.39 Å². The van der Waals surface area contributed by atoms with Gasteiger partial charge in [-0.1, -0.05) is 23.7 Å². The molecule has 1 aliphatic rings. The van der Waals surface area contributed by atoms with Gasteiger partial charge in [-0.3, -0.25) is 0 Å². The quantitative estimate of drug-likeness (QED) is 0.748. The third-order valence-electron chi connectivity index (χ3n) is 2.85. The minimum Gasteiger partial charge on any atom is -0.353 e. The van der Waals surface area contributed by atoms with Crippen LogP contribution < -0.4 is 10.6 Å². The van der Waals surface area contributed by atoms with Crippen LogP contribution in [0, 0.1) is 5.82 Å². The SMILES string of the molecule is Fc1cc2c(cc1Cl)NC(=NCl)c1ccccc1N2. The molecule has 3 nitrogen and oxygen atoms in total. The maximum atomic E-state index is 13.5. The van der Waals surface area contributed by atoms with Gasteiger partial charge < -0.3 is 10.6 Å². The van der Waals surface area contributed by atoms with Crippen LogP contribution in [0.3, 0.4) is 0 Å². The lowest BCUT2D eigenvalue weighted by molar-refractivity contribution is 0.629. The minimum absolute atomic E-state index is 0.0351. The molecule has 0 saturated carbocycles. The van der Waals surface area contributed by atoms with Crippen molar-refractivity contribution in [3.63, 3.8) is 0 Å². The number of rotatable bonds is 0.